The number of carbonyl (C=O) groups is 2. The average Bonchev–Trinajstić information content (AvgIpc) is 2.91. The van der Waals surface area contributed by atoms with Crippen LogP contribution in [0.4, 0.5) is 5.69 Å². The molecule has 2 N–H and O–H groups in total. The van der Waals surface area contributed by atoms with Crippen molar-refractivity contribution in [1.82, 2.24) is 5.32 Å². The maximum Gasteiger partial charge on any atom is 0.255 e. The van der Waals surface area contributed by atoms with Gasteiger partial charge in [0.15, 0.2) is 0 Å². The SMILES string of the molecule is CC(NC(=O)c1ccccc1NC(=O)c1ccc(OCCc2ccccc2)c(Br)c1)c1ccccc1. The highest BCUT2D eigenvalue weighted by Gasteiger charge is 2.17. The largest absolute Gasteiger partial charge is 0.492 e. The Labute approximate surface area is 219 Å². The van der Waals surface area contributed by atoms with E-state index in [2.05, 4.69) is 38.7 Å². The maximum atomic E-state index is 13.0. The first-order chi connectivity index (χ1) is 17.5. The van der Waals surface area contributed by atoms with Gasteiger partial charge in [-0.1, -0.05) is 72.8 Å². The summed E-state index contributed by atoms with van der Waals surface area (Å²) in [5.74, 6) is 0.0886. The van der Waals surface area contributed by atoms with Gasteiger partial charge in [0.25, 0.3) is 11.8 Å². The number of ether oxygens (including phenoxy) is 1. The van der Waals surface area contributed by atoms with Crippen LogP contribution in [0.3, 0.4) is 0 Å². The number of anilines is 1. The Balaban J connectivity index is 1.40. The van der Waals surface area contributed by atoms with E-state index in [1.807, 2.05) is 55.5 Å². The molecule has 0 heterocycles. The second kappa shape index (κ2) is 12.2. The van der Waals surface area contributed by atoms with Crippen LogP contribution in [0.15, 0.2) is 108 Å². The summed E-state index contributed by atoms with van der Waals surface area (Å²) in [6.45, 7) is 2.45. The third-order valence-electron chi connectivity index (χ3n) is 5.75. The lowest BCUT2D eigenvalue weighted by Crippen LogP contribution is -2.28. The van der Waals surface area contributed by atoms with Crippen molar-refractivity contribution in [3.63, 3.8) is 0 Å². The summed E-state index contributed by atoms with van der Waals surface area (Å²) in [5, 5.41) is 5.87. The van der Waals surface area contributed by atoms with Crippen molar-refractivity contribution in [3.05, 3.63) is 130 Å². The molecule has 2 amide bonds. The average molecular weight is 543 g/mol. The van der Waals surface area contributed by atoms with Gasteiger partial charge in [-0.2, -0.15) is 0 Å². The van der Waals surface area contributed by atoms with Crippen molar-refractivity contribution in [2.75, 3.05) is 11.9 Å². The number of carbonyl (C=O) groups excluding carboxylic acids is 2. The molecule has 4 rings (SSSR count). The topological polar surface area (TPSA) is 67.4 Å². The van der Waals surface area contributed by atoms with Crippen LogP contribution in [-0.2, 0) is 6.42 Å². The minimum absolute atomic E-state index is 0.173. The first kappa shape index (κ1) is 25.2. The molecule has 36 heavy (non-hydrogen) atoms. The molecule has 6 heteroatoms. The van der Waals surface area contributed by atoms with E-state index in [0.29, 0.717) is 33.6 Å². The number of para-hydroxylation sites is 1. The molecular weight excluding hydrogens is 516 g/mol. The summed E-state index contributed by atoms with van der Waals surface area (Å²) < 4.78 is 6.57. The molecule has 0 aliphatic heterocycles. The van der Waals surface area contributed by atoms with Gasteiger partial charge in [0, 0.05) is 12.0 Å². The van der Waals surface area contributed by atoms with Crippen LogP contribution in [0.2, 0.25) is 0 Å². The summed E-state index contributed by atoms with van der Waals surface area (Å²) >= 11 is 3.51. The minimum Gasteiger partial charge on any atom is -0.492 e. The van der Waals surface area contributed by atoms with Gasteiger partial charge in [-0.05, 0) is 64.3 Å². The number of halogens is 1. The normalized spacial score (nSPS) is 11.4. The molecule has 0 bridgehead atoms. The summed E-state index contributed by atoms with van der Waals surface area (Å²) in [5.41, 5.74) is 3.49. The molecule has 5 nitrogen and oxygen atoms in total. The molecule has 0 saturated carbocycles. The Morgan fingerprint density at radius 2 is 1.50 bits per heavy atom. The van der Waals surface area contributed by atoms with E-state index in [1.165, 1.54) is 5.56 Å². The molecule has 182 valence electrons. The quantitative estimate of drug-likeness (QED) is 0.244. The lowest BCUT2D eigenvalue weighted by molar-refractivity contribution is 0.0940. The van der Waals surface area contributed by atoms with Crippen LogP contribution in [0, 0.1) is 0 Å². The smallest absolute Gasteiger partial charge is 0.255 e. The molecular formula is C30H27BrN2O3. The second-order valence-electron chi connectivity index (χ2n) is 8.33. The Morgan fingerprint density at radius 3 is 2.22 bits per heavy atom. The van der Waals surface area contributed by atoms with E-state index in [-0.39, 0.29) is 17.9 Å². The molecule has 4 aromatic rings. The summed E-state index contributed by atoms with van der Waals surface area (Å²) in [6, 6.07) is 31.8. The molecule has 0 aliphatic rings. The van der Waals surface area contributed by atoms with Crippen LogP contribution in [0.1, 0.15) is 44.8 Å². The van der Waals surface area contributed by atoms with Crippen molar-refractivity contribution in [1.29, 1.82) is 0 Å². The highest BCUT2D eigenvalue weighted by Crippen LogP contribution is 2.27. The summed E-state index contributed by atoms with van der Waals surface area (Å²) in [4.78, 5) is 26.0. The highest BCUT2D eigenvalue weighted by molar-refractivity contribution is 9.10. The number of rotatable bonds is 9. The van der Waals surface area contributed by atoms with E-state index in [1.54, 1.807) is 42.5 Å². The number of benzene rings is 4. The van der Waals surface area contributed by atoms with Crippen molar-refractivity contribution < 1.29 is 14.3 Å². The van der Waals surface area contributed by atoms with E-state index < -0.39 is 0 Å². The predicted octanol–water partition coefficient (Wildman–Crippen LogP) is 6.81. The minimum atomic E-state index is -0.317. The van der Waals surface area contributed by atoms with Crippen molar-refractivity contribution in [2.24, 2.45) is 0 Å². The van der Waals surface area contributed by atoms with Gasteiger partial charge in [-0.15, -0.1) is 0 Å². The van der Waals surface area contributed by atoms with Gasteiger partial charge < -0.3 is 15.4 Å². The van der Waals surface area contributed by atoms with Gasteiger partial charge in [-0.25, -0.2) is 0 Å². The Kier molecular flexibility index (Phi) is 8.53. The summed E-state index contributed by atoms with van der Waals surface area (Å²) in [7, 11) is 0. The van der Waals surface area contributed by atoms with Gasteiger partial charge in [0.1, 0.15) is 5.75 Å². The monoisotopic (exact) mass is 542 g/mol. The van der Waals surface area contributed by atoms with Gasteiger partial charge in [-0.3, -0.25) is 9.59 Å². The van der Waals surface area contributed by atoms with Crippen molar-refractivity contribution >= 4 is 33.4 Å². The molecule has 0 aliphatic carbocycles. The zero-order chi connectivity index (χ0) is 25.3. The third kappa shape index (κ3) is 6.61. The van der Waals surface area contributed by atoms with Gasteiger partial charge in [0.05, 0.1) is 28.4 Å². The fourth-order valence-electron chi connectivity index (χ4n) is 3.77. The molecule has 0 radical (unpaired) electrons. The zero-order valence-electron chi connectivity index (χ0n) is 19.9. The van der Waals surface area contributed by atoms with Crippen LogP contribution in [0.5, 0.6) is 5.75 Å². The predicted molar refractivity (Wildman–Crippen MR) is 147 cm³/mol. The Bertz CT molecular complexity index is 1330. The number of amides is 2. The Hall–Kier alpha value is -3.90. The Morgan fingerprint density at radius 1 is 0.833 bits per heavy atom. The van der Waals surface area contributed by atoms with Crippen LogP contribution >= 0.6 is 15.9 Å². The van der Waals surface area contributed by atoms with E-state index in [4.69, 9.17) is 4.74 Å². The molecule has 1 unspecified atom stereocenters. The lowest BCUT2D eigenvalue weighted by Gasteiger charge is -2.16. The fourth-order valence-corrected chi connectivity index (χ4v) is 4.26. The molecule has 1 atom stereocenters. The number of hydrogen-bond donors (Lipinski definition) is 2. The first-order valence-corrected chi connectivity index (χ1v) is 12.5. The van der Waals surface area contributed by atoms with Crippen molar-refractivity contribution in [3.8, 4) is 5.75 Å². The van der Waals surface area contributed by atoms with Crippen LogP contribution in [-0.4, -0.2) is 18.4 Å². The van der Waals surface area contributed by atoms with E-state index in [0.717, 1.165) is 12.0 Å². The molecule has 4 aromatic carbocycles. The fraction of sp³-hybridized carbons (Fsp3) is 0.133. The standard InChI is InChI=1S/C30H27BrN2O3/c1-21(23-12-6-3-7-13-23)32-30(35)25-14-8-9-15-27(25)33-29(34)24-16-17-28(26(31)20-24)36-19-18-22-10-4-2-5-11-22/h2-17,20-21H,18-19H2,1H3,(H,32,35)(H,33,34). The third-order valence-corrected chi connectivity index (χ3v) is 6.37. The molecule has 0 fully saturated rings. The molecule has 0 aromatic heterocycles. The maximum absolute atomic E-state index is 13.0. The molecule has 0 spiro atoms. The van der Waals surface area contributed by atoms with E-state index >= 15 is 0 Å². The highest BCUT2D eigenvalue weighted by atomic mass is 79.9. The zero-order valence-corrected chi connectivity index (χ0v) is 21.5. The van der Waals surface area contributed by atoms with Crippen LogP contribution in [0.25, 0.3) is 0 Å². The van der Waals surface area contributed by atoms with Crippen LogP contribution < -0.4 is 15.4 Å². The summed E-state index contributed by atoms with van der Waals surface area (Å²) in [6.07, 6.45) is 0.789. The second-order valence-corrected chi connectivity index (χ2v) is 9.19. The molecule has 0 saturated heterocycles. The number of nitrogens with one attached hydrogen (secondary N) is 2. The van der Waals surface area contributed by atoms with Gasteiger partial charge >= 0.3 is 0 Å². The lowest BCUT2D eigenvalue weighted by atomic mass is 10.1. The van der Waals surface area contributed by atoms with Gasteiger partial charge in [0.2, 0.25) is 0 Å². The van der Waals surface area contributed by atoms with Crippen molar-refractivity contribution in [2.45, 2.75) is 19.4 Å². The van der Waals surface area contributed by atoms with E-state index in [9.17, 15) is 9.59 Å². The number of hydrogen-bond acceptors (Lipinski definition) is 3. The first-order valence-electron chi connectivity index (χ1n) is 11.7.